The number of aromatic nitrogens is 4. The molecule has 3 heterocycles. The Morgan fingerprint density at radius 3 is 2.90 bits per heavy atom. The molecular formula is C12H15N5O4. The minimum Gasteiger partial charge on any atom is -0.394 e. The van der Waals surface area contributed by atoms with E-state index in [1.807, 2.05) is 0 Å². The van der Waals surface area contributed by atoms with Crippen molar-refractivity contribution in [2.24, 2.45) is 0 Å². The highest BCUT2D eigenvalue weighted by atomic mass is 16.6. The number of hydrogen-bond acceptors (Lipinski definition) is 8. The van der Waals surface area contributed by atoms with Gasteiger partial charge in [-0.15, -0.1) is 0 Å². The minimum absolute atomic E-state index is 0.193. The SMILES string of the molecule is C=C[C@]1(O)[C@H](O)[C@@H](CO)O[C@H]1n1cnc2c(N)ncnc21. The lowest BCUT2D eigenvalue weighted by atomic mass is 9.94. The molecular weight excluding hydrogens is 278 g/mol. The fourth-order valence-electron chi connectivity index (χ4n) is 2.49. The van der Waals surface area contributed by atoms with Crippen molar-refractivity contribution in [1.29, 1.82) is 0 Å². The lowest BCUT2D eigenvalue weighted by molar-refractivity contribution is -0.0771. The molecule has 0 spiro atoms. The van der Waals surface area contributed by atoms with Crippen molar-refractivity contribution in [2.75, 3.05) is 12.3 Å². The average Bonchev–Trinajstić information content (AvgIpc) is 3.01. The summed E-state index contributed by atoms with van der Waals surface area (Å²) in [5, 5.41) is 29.9. The Labute approximate surface area is 119 Å². The Kier molecular flexibility index (Phi) is 3.14. The van der Waals surface area contributed by atoms with Crippen LogP contribution in [0.5, 0.6) is 0 Å². The van der Waals surface area contributed by atoms with Crippen molar-refractivity contribution in [1.82, 2.24) is 19.5 Å². The first-order valence-corrected chi connectivity index (χ1v) is 6.26. The van der Waals surface area contributed by atoms with Gasteiger partial charge in [0.2, 0.25) is 0 Å². The van der Waals surface area contributed by atoms with Crippen LogP contribution in [-0.4, -0.2) is 59.3 Å². The summed E-state index contributed by atoms with van der Waals surface area (Å²) in [7, 11) is 0. The van der Waals surface area contributed by atoms with Gasteiger partial charge in [0, 0.05) is 0 Å². The van der Waals surface area contributed by atoms with Crippen LogP contribution in [0.4, 0.5) is 5.82 Å². The molecule has 112 valence electrons. The zero-order valence-corrected chi connectivity index (χ0v) is 11.0. The maximum Gasteiger partial charge on any atom is 0.172 e. The van der Waals surface area contributed by atoms with Crippen molar-refractivity contribution < 1.29 is 20.1 Å². The molecule has 1 aliphatic heterocycles. The highest BCUT2D eigenvalue weighted by Gasteiger charge is 2.54. The fourth-order valence-corrected chi connectivity index (χ4v) is 2.49. The lowest BCUT2D eigenvalue weighted by Crippen LogP contribution is -2.45. The molecule has 1 saturated heterocycles. The largest absolute Gasteiger partial charge is 0.394 e. The second kappa shape index (κ2) is 4.74. The van der Waals surface area contributed by atoms with Crippen LogP contribution in [0.2, 0.25) is 0 Å². The molecule has 21 heavy (non-hydrogen) atoms. The molecule has 0 aliphatic carbocycles. The number of rotatable bonds is 3. The molecule has 2 aromatic rings. The van der Waals surface area contributed by atoms with Crippen LogP contribution in [0.15, 0.2) is 25.3 Å². The molecule has 0 radical (unpaired) electrons. The molecule has 1 fully saturated rings. The summed E-state index contributed by atoms with van der Waals surface area (Å²) in [4.78, 5) is 12.0. The van der Waals surface area contributed by atoms with E-state index in [9.17, 15) is 15.3 Å². The summed E-state index contributed by atoms with van der Waals surface area (Å²) < 4.78 is 6.95. The topological polar surface area (TPSA) is 140 Å². The summed E-state index contributed by atoms with van der Waals surface area (Å²) in [6.45, 7) is 3.08. The third-order valence-electron chi connectivity index (χ3n) is 3.67. The first kappa shape index (κ1) is 13.9. The van der Waals surface area contributed by atoms with Crippen LogP contribution in [0.3, 0.4) is 0 Å². The van der Waals surface area contributed by atoms with Crippen molar-refractivity contribution in [2.45, 2.75) is 24.0 Å². The number of aliphatic hydroxyl groups is 3. The van der Waals surface area contributed by atoms with E-state index >= 15 is 0 Å². The molecule has 4 atom stereocenters. The molecule has 0 unspecified atom stereocenters. The van der Waals surface area contributed by atoms with Crippen LogP contribution in [0.25, 0.3) is 11.2 Å². The van der Waals surface area contributed by atoms with Crippen molar-refractivity contribution >= 4 is 17.0 Å². The molecule has 0 bridgehead atoms. The number of ether oxygens (including phenoxy) is 1. The van der Waals surface area contributed by atoms with Gasteiger partial charge in [0.15, 0.2) is 23.3 Å². The highest BCUT2D eigenvalue weighted by Crippen LogP contribution is 2.40. The zero-order valence-electron chi connectivity index (χ0n) is 11.0. The smallest absolute Gasteiger partial charge is 0.172 e. The van der Waals surface area contributed by atoms with Gasteiger partial charge >= 0.3 is 0 Å². The predicted molar refractivity (Wildman–Crippen MR) is 71.9 cm³/mol. The van der Waals surface area contributed by atoms with E-state index in [4.69, 9.17) is 10.5 Å². The van der Waals surface area contributed by atoms with Crippen molar-refractivity contribution in [3.63, 3.8) is 0 Å². The van der Waals surface area contributed by atoms with Gasteiger partial charge in [0.05, 0.1) is 12.9 Å². The van der Waals surface area contributed by atoms with Gasteiger partial charge < -0.3 is 25.8 Å². The Balaban J connectivity index is 2.13. The number of aliphatic hydroxyl groups excluding tert-OH is 2. The Bertz CT molecular complexity index is 689. The maximum atomic E-state index is 10.6. The summed E-state index contributed by atoms with van der Waals surface area (Å²) in [5.41, 5.74) is 4.62. The number of anilines is 1. The van der Waals surface area contributed by atoms with Crippen LogP contribution in [-0.2, 0) is 4.74 Å². The van der Waals surface area contributed by atoms with E-state index in [0.717, 1.165) is 0 Å². The number of nitrogens with two attached hydrogens (primary N) is 1. The molecule has 5 N–H and O–H groups in total. The summed E-state index contributed by atoms with van der Waals surface area (Å²) in [6, 6.07) is 0. The standard InChI is InChI=1S/C12H15N5O4/c1-2-12(20)8(19)6(3-18)21-11(12)17-5-16-7-9(13)14-4-15-10(7)17/h2,4-6,8,11,18-20H,1,3H2,(H2,13,14,15)/t6-,8-,11-,12+/m1/s1. The number of fused-ring (bicyclic) bond motifs is 1. The third-order valence-corrected chi connectivity index (χ3v) is 3.67. The van der Waals surface area contributed by atoms with Gasteiger partial charge in [0.1, 0.15) is 24.1 Å². The Morgan fingerprint density at radius 1 is 1.48 bits per heavy atom. The zero-order chi connectivity index (χ0) is 15.2. The summed E-state index contributed by atoms with van der Waals surface area (Å²) >= 11 is 0. The van der Waals surface area contributed by atoms with Gasteiger partial charge in [-0.05, 0) is 0 Å². The quantitative estimate of drug-likeness (QED) is 0.505. The molecule has 0 saturated carbocycles. The predicted octanol–water partition coefficient (Wildman–Crippen LogP) is -1.42. The first-order chi connectivity index (χ1) is 10.0. The van der Waals surface area contributed by atoms with E-state index in [0.29, 0.717) is 11.2 Å². The lowest BCUT2D eigenvalue weighted by Gasteiger charge is -2.28. The minimum atomic E-state index is -1.79. The normalized spacial score (nSPS) is 32.6. The van der Waals surface area contributed by atoms with Gasteiger partial charge in [-0.3, -0.25) is 4.57 Å². The van der Waals surface area contributed by atoms with Crippen LogP contribution >= 0.6 is 0 Å². The third kappa shape index (κ3) is 1.83. The molecule has 0 aromatic carbocycles. The van der Waals surface area contributed by atoms with Crippen molar-refractivity contribution in [3.05, 3.63) is 25.3 Å². The van der Waals surface area contributed by atoms with Gasteiger partial charge in [-0.1, -0.05) is 12.7 Å². The monoisotopic (exact) mass is 293 g/mol. The van der Waals surface area contributed by atoms with Gasteiger partial charge in [-0.2, -0.15) is 0 Å². The van der Waals surface area contributed by atoms with Crippen LogP contribution in [0, 0.1) is 0 Å². The van der Waals surface area contributed by atoms with Gasteiger partial charge in [-0.25, -0.2) is 15.0 Å². The molecule has 3 rings (SSSR count). The Hall–Kier alpha value is -2.07. The number of hydrogen-bond donors (Lipinski definition) is 4. The second-order valence-corrected chi connectivity index (χ2v) is 4.83. The molecule has 2 aromatic heterocycles. The summed E-state index contributed by atoms with van der Waals surface area (Å²) in [5.74, 6) is 0.193. The van der Waals surface area contributed by atoms with E-state index in [1.54, 1.807) is 0 Å². The molecule has 0 amide bonds. The number of nitrogens with zero attached hydrogens (tertiary/aromatic N) is 4. The number of imidazole rings is 1. The molecule has 9 heteroatoms. The van der Waals surface area contributed by atoms with E-state index in [-0.39, 0.29) is 5.82 Å². The van der Waals surface area contributed by atoms with E-state index < -0.39 is 30.6 Å². The maximum absolute atomic E-state index is 10.6. The molecule has 9 nitrogen and oxygen atoms in total. The highest BCUT2D eigenvalue weighted by molar-refractivity contribution is 5.81. The van der Waals surface area contributed by atoms with Gasteiger partial charge in [0.25, 0.3) is 0 Å². The van der Waals surface area contributed by atoms with Crippen LogP contribution < -0.4 is 5.73 Å². The average molecular weight is 293 g/mol. The first-order valence-electron chi connectivity index (χ1n) is 6.26. The van der Waals surface area contributed by atoms with Crippen LogP contribution in [0.1, 0.15) is 6.23 Å². The van der Waals surface area contributed by atoms with Crippen molar-refractivity contribution in [3.8, 4) is 0 Å². The Morgan fingerprint density at radius 2 is 2.24 bits per heavy atom. The summed E-state index contributed by atoms with van der Waals surface area (Å²) in [6.07, 6.45) is 0.491. The fraction of sp³-hybridized carbons (Fsp3) is 0.417. The molecule has 1 aliphatic rings. The van der Waals surface area contributed by atoms with E-state index in [1.165, 1.54) is 23.3 Å². The second-order valence-electron chi connectivity index (χ2n) is 4.83. The number of nitrogen functional groups attached to an aromatic ring is 1. The van der Waals surface area contributed by atoms with E-state index in [2.05, 4.69) is 21.5 Å².